The second-order valence-electron chi connectivity index (χ2n) is 8.39. The number of rotatable bonds is 4. The summed E-state index contributed by atoms with van der Waals surface area (Å²) in [6, 6.07) is 4.38. The maximum Gasteiger partial charge on any atom is 0.573 e. The van der Waals surface area contributed by atoms with Gasteiger partial charge in [0.15, 0.2) is 0 Å². The van der Waals surface area contributed by atoms with Crippen LogP contribution in [-0.2, 0) is 14.8 Å². The van der Waals surface area contributed by atoms with Crippen LogP contribution < -0.4 is 4.74 Å². The summed E-state index contributed by atoms with van der Waals surface area (Å²) in [4.78, 5) is 14.5. The first-order valence-electron chi connectivity index (χ1n) is 10.1. The number of hydrogen-bond donors (Lipinski definition) is 0. The molecule has 10 heteroatoms. The zero-order chi connectivity index (χ0) is 22.1. The van der Waals surface area contributed by atoms with Crippen molar-refractivity contribution in [3.8, 4) is 5.75 Å². The summed E-state index contributed by atoms with van der Waals surface area (Å²) in [5.74, 6) is 0.163. The van der Waals surface area contributed by atoms with Crippen molar-refractivity contribution in [2.45, 2.75) is 44.4 Å². The van der Waals surface area contributed by atoms with Gasteiger partial charge in [0, 0.05) is 38.2 Å². The highest BCUT2D eigenvalue weighted by molar-refractivity contribution is 7.89. The average Bonchev–Trinajstić information content (AvgIpc) is 2.65. The van der Waals surface area contributed by atoms with Gasteiger partial charge in [-0.2, -0.15) is 4.31 Å². The van der Waals surface area contributed by atoms with Crippen LogP contribution in [0.4, 0.5) is 13.2 Å². The van der Waals surface area contributed by atoms with Crippen LogP contribution in [0.25, 0.3) is 0 Å². The Labute approximate surface area is 175 Å². The summed E-state index contributed by atoms with van der Waals surface area (Å²) < 4.78 is 68.1. The van der Waals surface area contributed by atoms with Crippen molar-refractivity contribution in [2.24, 2.45) is 17.8 Å². The quantitative estimate of drug-likeness (QED) is 0.707. The summed E-state index contributed by atoms with van der Waals surface area (Å²) in [5, 5.41) is 0. The fraction of sp³-hybridized carbons (Fsp3) is 0.650. The predicted molar refractivity (Wildman–Crippen MR) is 104 cm³/mol. The minimum atomic E-state index is -4.90. The van der Waals surface area contributed by atoms with Crippen LogP contribution >= 0.6 is 0 Å². The van der Waals surface area contributed by atoms with Gasteiger partial charge in [-0.25, -0.2) is 8.42 Å². The molecule has 0 unspecified atom stereocenters. The highest BCUT2D eigenvalue weighted by atomic mass is 32.2. The van der Waals surface area contributed by atoms with E-state index in [2.05, 4.69) is 18.6 Å². The van der Waals surface area contributed by atoms with Gasteiger partial charge in [-0.1, -0.05) is 19.9 Å². The molecule has 0 spiro atoms. The van der Waals surface area contributed by atoms with Gasteiger partial charge in [0.05, 0.1) is 4.90 Å². The van der Waals surface area contributed by atoms with Crippen LogP contribution in [-0.4, -0.2) is 56.1 Å². The monoisotopic (exact) mass is 448 g/mol. The Kier molecular flexibility index (Phi) is 6.66. The van der Waals surface area contributed by atoms with Gasteiger partial charge >= 0.3 is 6.36 Å². The molecular weight excluding hydrogens is 421 g/mol. The molecular formula is C20H27F3N2O4S. The number of ether oxygens (including phenoxy) is 1. The molecule has 30 heavy (non-hydrogen) atoms. The maximum absolute atomic E-state index is 12.9. The smallest absolute Gasteiger partial charge is 0.406 e. The standard InChI is InChI=1S/C20H27F3N2O4S/c1-14-10-15(2)13-24(12-14)19(26)16-6-8-25(9-7-16)30(27,28)18-5-3-4-17(11-18)29-20(21,22)23/h3-5,11,14-16H,6-10,12-13H2,1-2H3/t14-,15-/m1/s1. The Balaban J connectivity index is 1.64. The fourth-order valence-electron chi connectivity index (χ4n) is 4.43. The van der Waals surface area contributed by atoms with Gasteiger partial charge in [-0.15, -0.1) is 13.2 Å². The second-order valence-corrected chi connectivity index (χ2v) is 10.3. The van der Waals surface area contributed by atoms with E-state index < -0.39 is 22.1 Å². The van der Waals surface area contributed by atoms with E-state index in [9.17, 15) is 26.4 Å². The van der Waals surface area contributed by atoms with E-state index in [-0.39, 0.29) is 29.8 Å². The number of sulfonamides is 1. The minimum absolute atomic E-state index is 0.0750. The van der Waals surface area contributed by atoms with Crippen LogP contribution in [0.5, 0.6) is 5.75 Å². The second kappa shape index (κ2) is 8.74. The molecule has 168 valence electrons. The van der Waals surface area contributed by atoms with Crippen molar-refractivity contribution in [3.05, 3.63) is 24.3 Å². The third-order valence-electron chi connectivity index (χ3n) is 5.66. The molecule has 2 aliphatic heterocycles. The molecule has 0 aromatic heterocycles. The van der Waals surface area contributed by atoms with Crippen molar-refractivity contribution in [2.75, 3.05) is 26.2 Å². The molecule has 1 amide bonds. The lowest BCUT2D eigenvalue weighted by Gasteiger charge is -2.39. The number of likely N-dealkylation sites (tertiary alicyclic amines) is 1. The molecule has 1 aromatic carbocycles. The number of hydrogen-bond acceptors (Lipinski definition) is 4. The third kappa shape index (κ3) is 5.46. The molecule has 0 N–H and O–H groups in total. The summed E-state index contributed by atoms with van der Waals surface area (Å²) in [6.07, 6.45) is -3.01. The first-order valence-corrected chi connectivity index (χ1v) is 11.5. The Bertz CT molecular complexity index is 857. The van der Waals surface area contributed by atoms with Crippen molar-refractivity contribution < 1.29 is 31.1 Å². The lowest BCUT2D eigenvalue weighted by molar-refractivity contribution is -0.274. The Morgan fingerprint density at radius 1 is 1.10 bits per heavy atom. The lowest BCUT2D eigenvalue weighted by Crippen LogP contribution is -2.48. The lowest BCUT2D eigenvalue weighted by atomic mass is 9.89. The first kappa shape index (κ1) is 22.9. The summed E-state index contributed by atoms with van der Waals surface area (Å²) in [6.45, 7) is 6.02. The molecule has 0 bridgehead atoms. The molecule has 2 saturated heterocycles. The van der Waals surface area contributed by atoms with Gasteiger partial charge in [-0.05, 0) is 43.2 Å². The Hall–Kier alpha value is -1.81. The van der Waals surface area contributed by atoms with Crippen LogP contribution in [0.15, 0.2) is 29.2 Å². The van der Waals surface area contributed by atoms with E-state index in [1.54, 1.807) is 0 Å². The van der Waals surface area contributed by atoms with Crippen molar-refractivity contribution in [1.82, 2.24) is 9.21 Å². The highest BCUT2D eigenvalue weighted by Crippen LogP contribution is 2.30. The molecule has 1 aromatic rings. The number of carbonyl (C=O) groups excluding carboxylic acids is 1. The maximum atomic E-state index is 12.9. The largest absolute Gasteiger partial charge is 0.573 e. The Morgan fingerprint density at radius 3 is 2.27 bits per heavy atom. The third-order valence-corrected chi connectivity index (χ3v) is 7.56. The molecule has 6 nitrogen and oxygen atoms in total. The Morgan fingerprint density at radius 2 is 1.70 bits per heavy atom. The van der Waals surface area contributed by atoms with Crippen LogP contribution in [0.1, 0.15) is 33.1 Å². The zero-order valence-corrected chi connectivity index (χ0v) is 17.9. The van der Waals surface area contributed by atoms with Crippen molar-refractivity contribution in [1.29, 1.82) is 0 Å². The molecule has 0 saturated carbocycles. The number of amides is 1. The predicted octanol–water partition coefficient (Wildman–Crippen LogP) is 3.49. The van der Waals surface area contributed by atoms with E-state index in [0.717, 1.165) is 31.6 Å². The topological polar surface area (TPSA) is 66.9 Å². The molecule has 0 radical (unpaired) electrons. The van der Waals surface area contributed by atoms with E-state index >= 15 is 0 Å². The van der Waals surface area contributed by atoms with Gasteiger partial charge in [0.1, 0.15) is 5.75 Å². The summed E-state index contributed by atoms with van der Waals surface area (Å²) >= 11 is 0. The molecule has 3 rings (SSSR count). The highest BCUT2D eigenvalue weighted by Gasteiger charge is 2.36. The molecule has 2 atom stereocenters. The van der Waals surface area contributed by atoms with E-state index in [0.29, 0.717) is 24.7 Å². The van der Waals surface area contributed by atoms with Crippen LogP contribution in [0.2, 0.25) is 0 Å². The van der Waals surface area contributed by atoms with E-state index in [1.807, 2.05) is 4.90 Å². The normalized spacial score (nSPS) is 24.6. The van der Waals surface area contributed by atoms with Gasteiger partial charge < -0.3 is 9.64 Å². The number of carbonyl (C=O) groups is 1. The molecule has 2 heterocycles. The van der Waals surface area contributed by atoms with Crippen LogP contribution in [0.3, 0.4) is 0 Å². The van der Waals surface area contributed by atoms with Gasteiger partial charge in [0.25, 0.3) is 0 Å². The molecule has 2 aliphatic rings. The number of alkyl halides is 3. The SMILES string of the molecule is C[C@@H]1C[C@@H](C)CN(C(=O)C2CCN(S(=O)(=O)c3cccc(OC(F)(F)F)c3)CC2)C1. The first-order chi connectivity index (χ1) is 14.0. The van der Waals surface area contributed by atoms with Gasteiger partial charge in [0.2, 0.25) is 15.9 Å². The fourth-order valence-corrected chi connectivity index (χ4v) is 5.93. The van der Waals surface area contributed by atoms with Crippen molar-refractivity contribution >= 4 is 15.9 Å². The average molecular weight is 449 g/mol. The number of piperidine rings is 2. The minimum Gasteiger partial charge on any atom is -0.406 e. The number of nitrogens with zero attached hydrogens (tertiary/aromatic N) is 2. The van der Waals surface area contributed by atoms with Gasteiger partial charge in [-0.3, -0.25) is 4.79 Å². The molecule has 0 aliphatic carbocycles. The summed E-state index contributed by atoms with van der Waals surface area (Å²) in [5.41, 5.74) is 0. The zero-order valence-electron chi connectivity index (χ0n) is 17.1. The van der Waals surface area contributed by atoms with E-state index in [4.69, 9.17) is 0 Å². The summed E-state index contributed by atoms with van der Waals surface area (Å²) in [7, 11) is -3.97. The molecule has 2 fully saturated rings. The number of halogens is 3. The number of benzene rings is 1. The van der Waals surface area contributed by atoms with Crippen LogP contribution in [0, 0.1) is 17.8 Å². The van der Waals surface area contributed by atoms with E-state index in [1.165, 1.54) is 16.4 Å². The van der Waals surface area contributed by atoms with Crippen molar-refractivity contribution in [3.63, 3.8) is 0 Å².